The fourth-order valence-electron chi connectivity index (χ4n) is 3.48. The van der Waals surface area contributed by atoms with Crippen LogP contribution in [0.2, 0.25) is 0 Å². The highest BCUT2D eigenvalue weighted by Gasteiger charge is 2.26. The molecule has 0 unspecified atom stereocenters. The minimum atomic E-state index is -3.78. The molecule has 0 saturated carbocycles. The van der Waals surface area contributed by atoms with Crippen LogP contribution in [0.1, 0.15) is 29.5 Å². The van der Waals surface area contributed by atoms with Gasteiger partial charge in [-0.2, -0.15) is 0 Å². The number of carbonyl (C=O) groups is 1. The molecule has 0 aliphatic carbocycles. The molecule has 2 heterocycles. The van der Waals surface area contributed by atoms with Crippen molar-refractivity contribution in [3.8, 4) is 5.75 Å². The number of carbonyl (C=O) groups excluding carboxylic acids is 1. The first kappa shape index (κ1) is 20.0. The molecule has 3 aromatic rings. The van der Waals surface area contributed by atoms with E-state index < -0.39 is 10.0 Å². The van der Waals surface area contributed by atoms with E-state index in [-0.39, 0.29) is 16.6 Å². The van der Waals surface area contributed by atoms with E-state index in [9.17, 15) is 13.2 Å². The van der Waals surface area contributed by atoms with Gasteiger partial charge in [0.25, 0.3) is 15.9 Å². The smallest absolute Gasteiger partial charge is 0.293 e. The van der Waals surface area contributed by atoms with Gasteiger partial charge in [0, 0.05) is 12.2 Å². The molecule has 4 rings (SSSR count). The van der Waals surface area contributed by atoms with E-state index in [1.54, 1.807) is 41.3 Å². The van der Waals surface area contributed by atoms with Crippen LogP contribution in [0.3, 0.4) is 0 Å². The van der Waals surface area contributed by atoms with Gasteiger partial charge in [-0.05, 0) is 73.9 Å². The number of rotatable bonds is 6. The van der Waals surface area contributed by atoms with Gasteiger partial charge in [0.15, 0.2) is 5.76 Å². The first-order chi connectivity index (χ1) is 14.5. The summed E-state index contributed by atoms with van der Waals surface area (Å²) in [7, 11) is -3.78. The Labute approximate surface area is 175 Å². The molecule has 0 bridgehead atoms. The molecule has 156 valence electrons. The SMILES string of the molecule is CCOc1ccc(S(=O)(=O)Nc2ccc3c(c2)N(C(=O)c2ccco2)CCC3)cc1. The number of benzene rings is 2. The molecule has 0 spiro atoms. The highest BCUT2D eigenvalue weighted by Crippen LogP contribution is 2.32. The summed E-state index contributed by atoms with van der Waals surface area (Å²) in [6.07, 6.45) is 3.11. The quantitative estimate of drug-likeness (QED) is 0.642. The standard InChI is InChI=1S/C22H22N2O5S/c1-2-28-18-9-11-19(12-10-18)30(26,27)23-17-8-7-16-5-3-13-24(20(16)15-17)22(25)21-6-4-14-29-21/h4,6-12,14-15,23H,2-3,5,13H2,1H3. The molecule has 0 atom stereocenters. The average molecular weight is 426 g/mol. The molecule has 1 aliphatic heterocycles. The summed E-state index contributed by atoms with van der Waals surface area (Å²) >= 11 is 0. The normalized spacial score (nSPS) is 13.6. The minimum absolute atomic E-state index is 0.132. The monoisotopic (exact) mass is 426 g/mol. The van der Waals surface area contributed by atoms with Crippen molar-refractivity contribution in [3.63, 3.8) is 0 Å². The number of hydrogen-bond donors (Lipinski definition) is 1. The first-order valence-electron chi connectivity index (χ1n) is 9.72. The second-order valence-electron chi connectivity index (χ2n) is 6.89. The Bertz CT molecular complexity index is 1140. The van der Waals surface area contributed by atoms with Crippen LogP contribution in [0.25, 0.3) is 0 Å². The van der Waals surface area contributed by atoms with Gasteiger partial charge in [-0.3, -0.25) is 9.52 Å². The van der Waals surface area contributed by atoms with Crippen LogP contribution in [0.5, 0.6) is 5.75 Å². The van der Waals surface area contributed by atoms with Gasteiger partial charge < -0.3 is 14.1 Å². The molecule has 0 radical (unpaired) electrons. The molecule has 30 heavy (non-hydrogen) atoms. The summed E-state index contributed by atoms with van der Waals surface area (Å²) in [5.74, 6) is 0.619. The van der Waals surface area contributed by atoms with Gasteiger partial charge in [0.2, 0.25) is 0 Å². The van der Waals surface area contributed by atoms with E-state index in [0.29, 0.717) is 30.3 Å². The van der Waals surface area contributed by atoms with Crippen molar-refractivity contribution in [3.05, 3.63) is 72.2 Å². The van der Waals surface area contributed by atoms with Crippen LogP contribution in [0.4, 0.5) is 11.4 Å². The van der Waals surface area contributed by atoms with Crippen molar-refractivity contribution in [2.24, 2.45) is 0 Å². The third-order valence-corrected chi connectivity index (χ3v) is 6.28. The van der Waals surface area contributed by atoms with Gasteiger partial charge in [0.1, 0.15) is 5.75 Å². The Kier molecular flexibility index (Phi) is 5.50. The van der Waals surface area contributed by atoms with Gasteiger partial charge >= 0.3 is 0 Å². The van der Waals surface area contributed by atoms with E-state index in [2.05, 4.69) is 4.72 Å². The number of nitrogens with one attached hydrogen (secondary N) is 1. The molecular weight excluding hydrogens is 404 g/mol. The Hall–Kier alpha value is -3.26. The maximum absolute atomic E-state index is 12.8. The Morgan fingerprint density at radius 3 is 2.67 bits per heavy atom. The van der Waals surface area contributed by atoms with E-state index in [1.807, 2.05) is 13.0 Å². The lowest BCUT2D eigenvalue weighted by molar-refractivity contribution is 0.0958. The number of amides is 1. The summed E-state index contributed by atoms with van der Waals surface area (Å²) in [5.41, 5.74) is 2.07. The summed E-state index contributed by atoms with van der Waals surface area (Å²) < 4.78 is 38.8. The highest BCUT2D eigenvalue weighted by molar-refractivity contribution is 7.92. The Morgan fingerprint density at radius 1 is 1.17 bits per heavy atom. The number of furan rings is 1. The topological polar surface area (TPSA) is 88.9 Å². The molecule has 8 heteroatoms. The van der Waals surface area contributed by atoms with Crippen LogP contribution in [-0.2, 0) is 16.4 Å². The lowest BCUT2D eigenvalue weighted by Gasteiger charge is -2.29. The number of anilines is 2. The Balaban J connectivity index is 1.60. The average Bonchev–Trinajstić information content (AvgIpc) is 3.28. The zero-order valence-corrected chi connectivity index (χ0v) is 17.3. The molecule has 7 nitrogen and oxygen atoms in total. The van der Waals surface area contributed by atoms with Crippen LogP contribution >= 0.6 is 0 Å². The third kappa shape index (κ3) is 4.04. The molecule has 0 saturated heterocycles. The van der Waals surface area contributed by atoms with E-state index in [0.717, 1.165) is 18.4 Å². The number of hydrogen-bond acceptors (Lipinski definition) is 5. The summed E-state index contributed by atoms with van der Waals surface area (Å²) in [5, 5.41) is 0. The molecule has 2 aromatic carbocycles. The molecule has 1 N–H and O–H groups in total. The van der Waals surface area contributed by atoms with Gasteiger partial charge in [-0.15, -0.1) is 0 Å². The van der Waals surface area contributed by atoms with E-state index in [1.165, 1.54) is 18.4 Å². The van der Waals surface area contributed by atoms with Gasteiger partial charge in [-0.1, -0.05) is 6.07 Å². The maximum atomic E-state index is 12.8. The summed E-state index contributed by atoms with van der Waals surface area (Å²) in [6.45, 7) is 2.91. The van der Waals surface area contributed by atoms with Crippen molar-refractivity contribution in [2.75, 3.05) is 22.8 Å². The largest absolute Gasteiger partial charge is 0.494 e. The second kappa shape index (κ2) is 8.23. The molecule has 1 aliphatic rings. The fourth-order valence-corrected chi connectivity index (χ4v) is 4.53. The van der Waals surface area contributed by atoms with Crippen LogP contribution < -0.4 is 14.4 Å². The van der Waals surface area contributed by atoms with Crippen LogP contribution in [0.15, 0.2) is 70.2 Å². The van der Waals surface area contributed by atoms with Crippen molar-refractivity contribution >= 4 is 27.3 Å². The highest BCUT2D eigenvalue weighted by atomic mass is 32.2. The number of aryl methyl sites for hydroxylation is 1. The van der Waals surface area contributed by atoms with E-state index in [4.69, 9.17) is 9.15 Å². The number of fused-ring (bicyclic) bond motifs is 1. The lowest BCUT2D eigenvalue weighted by Crippen LogP contribution is -2.35. The number of nitrogens with zero attached hydrogens (tertiary/aromatic N) is 1. The molecule has 0 fully saturated rings. The summed E-state index contributed by atoms with van der Waals surface area (Å²) in [4.78, 5) is 14.6. The zero-order valence-electron chi connectivity index (χ0n) is 16.5. The van der Waals surface area contributed by atoms with Crippen LogP contribution in [-0.4, -0.2) is 27.5 Å². The Morgan fingerprint density at radius 2 is 1.97 bits per heavy atom. The van der Waals surface area contributed by atoms with Crippen molar-refractivity contribution in [2.45, 2.75) is 24.7 Å². The number of sulfonamides is 1. The zero-order chi connectivity index (χ0) is 21.1. The third-order valence-electron chi connectivity index (χ3n) is 4.88. The molecular formula is C22H22N2O5S. The van der Waals surface area contributed by atoms with Crippen molar-refractivity contribution in [1.29, 1.82) is 0 Å². The second-order valence-corrected chi connectivity index (χ2v) is 8.57. The van der Waals surface area contributed by atoms with Crippen molar-refractivity contribution in [1.82, 2.24) is 0 Å². The van der Waals surface area contributed by atoms with Gasteiger partial charge in [-0.25, -0.2) is 8.42 Å². The predicted octanol–water partition coefficient (Wildman–Crippen LogP) is 4.07. The van der Waals surface area contributed by atoms with E-state index >= 15 is 0 Å². The minimum Gasteiger partial charge on any atom is -0.494 e. The molecule has 1 amide bonds. The number of ether oxygens (including phenoxy) is 1. The maximum Gasteiger partial charge on any atom is 0.293 e. The van der Waals surface area contributed by atoms with Crippen LogP contribution in [0, 0.1) is 0 Å². The fraction of sp³-hybridized carbons (Fsp3) is 0.227. The van der Waals surface area contributed by atoms with Gasteiger partial charge in [0.05, 0.1) is 23.5 Å². The summed E-state index contributed by atoms with van der Waals surface area (Å²) in [6, 6.07) is 14.8. The first-order valence-corrected chi connectivity index (χ1v) is 11.2. The van der Waals surface area contributed by atoms with Crippen molar-refractivity contribution < 1.29 is 22.4 Å². The lowest BCUT2D eigenvalue weighted by atomic mass is 10.0. The predicted molar refractivity (Wildman–Crippen MR) is 114 cm³/mol. The molecule has 1 aromatic heterocycles.